The molecule has 19 heavy (non-hydrogen) atoms. The maximum absolute atomic E-state index is 12.1. The Kier molecular flexibility index (Phi) is 2.80. The van der Waals surface area contributed by atoms with Gasteiger partial charge in [-0.05, 0) is 29.8 Å². The Morgan fingerprint density at radius 2 is 1.79 bits per heavy atom. The van der Waals surface area contributed by atoms with E-state index in [1.165, 1.54) is 0 Å². The molecule has 3 aromatic rings. The molecule has 1 heterocycles. The van der Waals surface area contributed by atoms with Gasteiger partial charge in [0.25, 0.3) is 5.56 Å². The zero-order valence-corrected chi connectivity index (χ0v) is 10.5. The third-order valence-corrected chi connectivity index (χ3v) is 3.14. The number of pyridine rings is 1. The standard InChI is InChI=1S/C16H13NO2/c1-19-13-7-8-15-12(9-13)10-14(16(18)17-15)11-5-3-2-4-6-11/h2-10H,1H3,(H,17,18). The lowest BCUT2D eigenvalue weighted by molar-refractivity contribution is 0.415. The Bertz CT molecular complexity index is 776. The van der Waals surface area contributed by atoms with Gasteiger partial charge in [-0.2, -0.15) is 0 Å². The highest BCUT2D eigenvalue weighted by molar-refractivity contribution is 5.84. The van der Waals surface area contributed by atoms with E-state index in [1.807, 2.05) is 54.6 Å². The molecule has 0 saturated heterocycles. The van der Waals surface area contributed by atoms with E-state index < -0.39 is 0 Å². The van der Waals surface area contributed by atoms with Crippen LogP contribution in [0.3, 0.4) is 0 Å². The second-order valence-electron chi connectivity index (χ2n) is 4.33. The van der Waals surface area contributed by atoms with Gasteiger partial charge >= 0.3 is 0 Å². The van der Waals surface area contributed by atoms with Gasteiger partial charge in [-0.15, -0.1) is 0 Å². The van der Waals surface area contributed by atoms with E-state index in [4.69, 9.17) is 4.74 Å². The van der Waals surface area contributed by atoms with Crippen molar-refractivity contribution < 1.29 is 4.74 Å². The van der Waals surface area contributed by atoms with Gasteiger partial charge in [-0.3, -0.25) is 4.79 Å². The zero-order valence-electron chi connectivity index (χ0n) is 10.5. The Morgan fingerprint density at radius 3 is 2.53 bits per heavy atom. The maximum Gasteiger partial charge on any atom is 0.256 e. The minimum absolute atomic E-state index is 0.0798. The van der Waals surface area contributed by atoms with Gasteiger partial charge < -0.3 is 9.72 Å². The normalized spacial score (nSPS) is 10.6. The Hall–Kier alpha value is -2.55. The van der Waals surface area contributed by atoms with Crippen LogP contribution in [0.2, 0.25) is 0 Å². The van der Waals surface area contributed by atoms with Crippen LogP contribution in [-0.4, -0.2) is 12.1 Å². The predicted molar refractivity (Wildman–Crippen MR) is 76.6 cm³/mol. The average molecular weight is 251 g/mol. The van der Waals surface area contributed by atoms with Gasteiger partial charge in [0.1, 0.15) is 5.75 Å². The van der Waals surface area contributed by atoms with Crippen molar-refractivity contribution in [1.29, 1.82) is 0 Å². The molecule has 0 atom stereocenters. The fraction of sp³-hybridized carbons (Fsp3) is 0.0625. The summed E-state index contributed by atoms with van der Waals surface area (Å²) < 4.78 is 5.21. The van der Waals surface area contributed by atoms with Gasteiger partial charge in [0, 0.05) is 16.5 Å². The van der Waals surface area contributed by atoms with Crippen LogP contribution in [0.5, 0.6) is 5.75 Å². The predicted octanol–water partition coefficient (Wildman–Crippen LogP) is 3.20. The summed E-state index contributed by atoms with van der Waals surface area (Å²) >= 11 is 0. The zero-order chi connectivity index (χ0) is 13.2. The van der Waals surface area contributed by atoms with Crippen LogP contribution >= 0.6 is 0 Å². The van der Waals surface area contributed by atoms with Gasteiger partial charge in [0.2, 0.25) is 0 Å². The van der Waals surface area contributed by atoms with E-state index in [0.29, 0.717) is 5.56 Å². The molecule has 0 bridgehead atoms. The molecule has 0 unspecified atom stereocenters. The van der Waals surface area contributed by atoms with Crippen LogP contribution in [0.1, 0.15) is 0 Å². The second kappa shape index (κ2) is 4.61. The molecule has 3 heteroatoms. The lowest BCUT2D eigenvalue weighted by atomic mass is 10.1. The number of aromatic nitrogens is 1. The highest BCUT2D eigenvalue weighted by Crippen LogP contribution is 2.22. The smallest absolute Gasteiger partial charge is 0.256 e. The van der Waals surface area contributed by atoms with E-state index >= 15 is 0 Å². The molecule has 3 rings (SSSR count). The molecule has 0 amide bonds. The molecule has 0 radical (unpaired) electrons. The van der Waals surface area contributed by atoms with E-state index in [-0.39, 0.29) is 5.56 Å². The molecule has 2 aromatic carbocycles. The van der Waals surface area contributed by atoms with Gasteiger partial charge in [-0.25, -0.2) is 0 Å². The molecular formula is C16H13NO2. The number of ether oxygens (including phenoxy) is 1. The first-order chi connectivity index (χ1) is 9.28. The molecule has 1 aromatic heterocycles. The van der Waals surface area contributed by atoms with Crippen molar-refractivity contribution in [2.24, 2.45) is 0 Å². The van der Waals surface area contributed by atoms with Gasteiger partial charge in [-0.1, -0.05) is 30.3 Å². The topological polar surface area (TPSA) is 42.1 Å². The summed E-state index contributed by atoms with van der Waals surface area (Å²) in [7, 11) is 1.63. The van der Waals surface area contributed by atoms with E-state index in [1.54, 1.807) is 7.11 Å². The fourth-order valence-electron chi connectivity index (χ4n) is 2.14. The van der Waals surface area contributed by atoms with Crippen molar-refractivity contribution in [3.8, 4) is 16.9 Å². The molecule has 3 nitrogen and oxygen atoms in total. The number of hydrogen-bond acceptors (Lipinski definition) is 2. The number of methoxy groups -OCH3 is 1. The summed E-state index contributed by atoms with van der Waals surface area (Å²) in [6.07, 6.45) is 0. The minimum Gasteiger partial charge on any atom is -0.497 e. The van der Waals surface area contributed by atoms with Crippen LogP contribution in [0.4, 0.5) is 0 Å². The van der Waals surface area contributed by atoms with Gasteiger partial charge in [0.05, 0.1) is 7.11 Å². The molecule has 1 N–H and O–H groups in total. The van der Waals surface area contributed by atoms with Crippen molar-refractivity contribution >= 4 is 10.9 Å². The summed E-state index contributed by atoms with van der Waals surface area (Å²) in [4.78, 5) is 15.0. The molecular weight excluding hydrogens is 238 g/mol. The van der Waals surface area contributed by atoms with Crippen LogP contribution in [0.15, 0.2) is 59.4 Å². The monoisotopic (exact) mass is 251 g/mol. The van der Waals surface area contributed by atoms with Crippen molar-refractivity contribution in [1.82, 2.24) is 4.98 Å². The van der Waals surface area contributed by atoms with Crippen LogP contribution in [-0.2, 0) is 0 Å². The summed E-state index contributed by atoms with van der Waals surface area (Å²) in [5.74, 6) is 0.776. The summed E-state index contributed by atoms with van der Waals surface area (Å²) in [6.45, 7) is 0. The van der Waals surface area contributed by atoms with Crippen molar-refractivity contribution in [3.05, 3.63) is 65.0 Å². The average Bonchev–Trinajstić information content (AvgIpc) is 2.47. The fourth-order valence-corrected chi connectivity index (χ4v) is 2.14. The molecule has 0 spiro atoms. The number of nitrogens with one attached hydrogen (secondary N) is 1. The molecule has 0 aliphatic rings. The molecule has 0 aliphatic carbocycles. The third-order valence-electron chi connectivity index (χ3n) is 3.14. The summed E-state index contributed by atoms with van der Waals surface area (Å²) in [5, 5.41) is 0.956. The lowest BCUT2D eigenvalue weighted by Gasteiger charge is -2.05. The lowest BCUT2D eigenvalue weighted by Crippen LogP contribution is -2.08. The first-order valence-electron chi connectivity index (χ1n) is 6.04. The quantitative estimate of drug-likeness (QED) is 0.760. The molecule has 0 aliphatic heterocycles. The number of hydrogen-bond donors (Lipinski definition) is 1. The van der Waals surface area contributed by atoms with Crippen molar-refractivity contribution in [3.63, 3.8) is 0 Å². The van der Waals surface area contributed by atoms with Crippen LogP contribution < -0.4 is 10.3 Å². The Balaban J connectivity index is 2.26. The minimum atomic E-state index is -0.0798. The van der Waals surface area contributed by atoms with Crippen molar-refractivity contribution in [2.45, 2.75) is 0 Å². The SMILES string of the molecule is COc1ccc2[nH]c(=O)c(-c3ccccc3)cc2c1. The number of H-pyrrole nitrogens is 1. The number of rotatable bonds is 2. The number of aromatic amines is 1. The summed E-state index contributed by atoms with van der Waals surface area (Å²) in [6, 6.07) is 17.1. The van der Waals surface area contributed by atoms with E-state index in [0.717, 1.165) is 22.2 Å². The molecule has 0 saturated carbocycles. The Morgan fingerprint density at radius 1 is 1.00 bits per heavy atom. The molecule has 0 fully saturated rings. The third kappa shape index (κ3) is 2.10. The largest absolute Gasteiger partial charge is 0.497 e. The first kappa shape index (κ1) is 11.5. The first-order valence-corrected chi connectivity index (χ1v) is 6.04. The molecule has 94 valence electrons. The maximum atomic E-state index is 12.1. The number of benzene rings is 2. The van der Waals surface area contributed by atoms with Crippen molar-refractivity contribution in [2.75, 3.05) is 7.11 Å². The Labute approximate surface area is 110 Å². The highest BCUT2D eigenvalue weighted by Gasteiger charge is 2.05. The van der Waals surface area contributed by atoms with E-state index in [2.05, 4.69) is 4.98 Å². The highest BCUT2D eigenvalue weighted by atomic mass is 16.5. The van der Waals surface area contributed by atoms with Crippen LogP contribution in [0, 0.1) is 0 Å². The summed E-state index contributed by atoms with van der Waals surface area (Å²) in [5.41, 5.74) is 2.31. The van der Waals surface area contributed by atoms with Gasteiger partial charge in [0.15, 0.2) is 0 Å². The van der Waals surface area contributed by atoms with E-state index in [9.17, 15) is 4.79 Å². The van der Waals surface area contributed by atoms with Crippen LogP contribution in [0.25, 0.3) is 22.0 Å². The second-order valence-corrected chi connectivity index (χ2v) is 4.33. The number of fused-ring (bicyclic) bond motifs is 1.